The van der Waals surface area contributed by atoms with Crippen LogP contribution in [0.4, 0.5) is 0 Å². The molecule has 1 unspecified atom stereocenters. The number of rotatable bonds is 15. The van der Waals surface area contributed by atoms with Crippen molar-refractivity contribution >= 4 is 8.07 Å². The van der Waals surface area contributed by atoms with Crippen molar-refractivity contribution in [2.24, 2.45) is 0 Å². The highest BCUT2D eigenvalue weighted by atomic mass is 28.3. The summed E-state index contributed by atoms with van der Waals surface area (Å²) in [6.45, 7) is 9.26. The molecule has 0 radical (unpaired) electrons. The summed E-state index contributed by atoms with van der Waals surface area (Å²) < 4.78 is 22.3. The van der Waals surface area contributed by atoms with E-state index in [9.17, 15) is 5.11 Å². The Labute approximate surface area is 187 Å². The minimum atomic E-state index is -1.06. The Kier molecular flexibility index (Phi) is 12.1. The Bertz CT molecular complexity index is 608. The van der Waals surface area contributed by atoms with Crippen LogP contribution < -0.4 is 0 Å². The van der Waals surface area contributed by atoms with Crippen molar-refractivity contribution in [1.82, 2.24) is 9.97 Å². The number of aliphatic hydroxyl groups excluding tert-OH is 2. The van der Waals surface area contributed by atoms with E-state index in [-0.39, 0.29) is 19.3 Å². The Morgan fingerprint density at radius 3 is 2.55 bits per heavy atom. The molecule has 1 saturated carbocycles. The van der Waals surface area contributed by atoms with Gasteiger partial charge in [-0.1, -0.05) is 19.6 Å². The van der Waals surface area contributed by atoms with E-state index in [0.717, 1.165) is 49.9 Å². The summed E-state index contributed by atoms with van der Waals surface area (Å²) in [6, 6.07) is 3.04. The number of hydrogen-bond donors (Lipinski definition) is 2. The van der Waals surface area contributed by atoms with Gasteiger partial charge in [0.15, 0.2) is 0 Å². The minimum absolute atomic E-state index is 0.134. The van der Waals surface area contributed by atoms with Gasteiger partial charge in [-0.05, 0) is 37.8 Å². The highest BCUT2D eigenvalue weighted by Crippen LogP contribution is 2.32. The Balaban J connectivity index is 1.61. The first-order chi connectivity index (χ1) is 14.9. The summed E-state index contributed by atoms with van der Waals surface area (Å²) in [5, 5.41) is 18.0. The molecule has 1 aliphatic carbocycles. The molecule has 9 heteroatoms. The van der Waals surface area contributed by atoms with Crippen LogP contribution in [0.25, 0.3) is 0 Å². The van der Waals surface area contributed by atoms with Crippen molar-refractivity contribution in [3.8, 4) is 0 Å². The van der Waals surface area contributed by atoms with Gasteiger partial charge >= 0.3 is 0 Å². The summed E-state index contributed by atoms with van der Waals surface area (Å²) in [4.78, 5) is 9.19. The van der Waals surface area contributed by atoms with Crippen LogP contribution >= 0.6 is 0 Å². The van der Waals surface area contributed by atoms with Gasteiger partial charge < -0.3 is 29.2 Å². The molecule has 178 valence electrons. The molecule has 2 rings (SSSR count). The largest absolute Gasteiger partial charge is 0.394 e. The van der Waals surface area contributed by atoms with Gasteiger partial charge in [0.25, 0.3) is 0 Å². The molecule has 1 heterocycles. The van der Waals surface area contributed by atoms with Crippen molar-refractivity contribution in [3.05, 3.63) is 23.8 Å². The fourth-order valence-corrected chi connectivity index (χ4v) is 4.12. The summed E-state index contributed by atoms with van der Waals surface area (Å²) in [6.07, 6.45) is 5.16. The predicted octanol–water partition coefficient (Wildman–Crippen LogP) is 2.72. The van der Waals surface area contributed by atoms with Crippen LogP contribution in [-0.4, -0.2) is 80.3 Å². The van der Waals surface area contributed by atoms with Gasteiger partial charge in [0.1, 0.15) is 18.7 Å². The fourth-order valence-electron chi connectivity index (χ4n) is 3.37. The van der Waals surface area contributed by atoms with Crippen molar-refractivity contribution in [3.63, 3.8) is 0 Å². The number of hydrogen-bond acceptors (Lipinski definition) is 8. The summed E-state index contributed by atoms with van der Waals surface area (Å²) in [5.41, 5.74) is 0.888. The summed E-state index contributed by atoms with van der Waals surface area (Å²) in [7, 11) is -1.06. The smallest absolute Gasteiger partial charge is 0.147 e. The van der Waals surface area contributed by atoms with E-state index in [0.29, 0.717) is 32.5 Å². The monoisotopic (exact) mass is 456 g/mol. The van der Waals surface area contributed by atoms with E-state index in [1.807, 2.05) is 12.3 Å². The second kappa shape index (κ2) is 14.3. The van der Waals surface area contributed by atoms with Crippen LogP contribution in [0.3, 0.4) is 0 Å². The van der Waals surface area contributed by atoms with E-state index in [4.69, 9.17) is 29.0 Å². The lowest BCUT2D eigenvalue weighted by Crippen LogP contribution is -2.25. The standard InChI is InChI=1S/C22H40N2O6Si/c1-31(2,3)13-12-28-17-29-15-19-8-9-23-22(24-19)18-4-6-21(7-5-18)30-11-10-27-16-20(26)14-25/h8-9,18,20-21,25-26H,4-7,10-17H2,1-3H3/t18-,20?,21-. The van der Waals surface area contributed by atoms with E-state index in [1.165, 1.54) is 0 Å². The molecule has 0 spiro atoms. The third-order valence-electron chi connectivity index (χ3n) is 5.29. The fraction of sp³-hybridized carbons (Fsp3) is 0.818. The lowest BCUT2D eigenvalue weighted by molar-refractivity contribution is -0.0583. The Morgan fingerprint density at radius 1 is 1.06 bits per heavy atom. The zero-order chi connectivity index (χ0) is 22.5. The lowest BCUT2D eigenvalue weighted by atomic mass is 9.87. The maximum absolute atomic E-state index is 9.23. The van der Waals surface area contributed by atoms with Gasteiger partial charge in [0.05, 0.1) is 44.8 Å². The Hall–Kier alpha value is -0.943. The second-order valence-electron chi connectivity index (χ2n) is 9.35. The van der Waals surface area contributed by atoms with Crippen LogP contribution in [0, 0.1) is 0 Å². The minimum Gasteiger partial charge on any atom is -0.394 e. The molecule has 0 saturated heterocycles. The molecule has 1 aromatic rings. The van der Waals surface area contributed by atoms with Gasteiger partial charge in [-0.2, -0.15) is 0 Å². The van der Waals surface area contributed by atoms with Crippen molar-refractivity contribution in [1.29, 1.82) is 0 Å². The second-order valence-corrected chi connectivity index (χ2v) is 15.0. The van der Waals surface area contributed by atoms with E-state index < -0.39 is 14.2 Å². The van der Waals surface area contributed by atoms with Crippen molar-refractivity contribution < 1.29 is 29.2 Å². The van der Waals surface area contributed by atoms with Gasteiger partial charge in [0, 0.05) is 26.8 Å². The molecule has 31 heavy (non-hydrogen) atoms. The molecule has 2 N–H and O–H groups in total. The molecule has 8 nitrogen and oxygen atoms in total. The first kappa shape index (κ1) is 26.3. The molecule has 0 aliphatic heterocycles. The van der Waals surface area contributed by atoms with Crippen molar-refractivity contribution in [2.45, 2.75) is 76.1 Å². The molecular weight excluding hydrogens is 416 g/mol. The average Bonchev–Trinajstić information content (AvgIpc) is 2.75. The predicted molar refractivity (Wildman–Crippen MR) is 121 cm³/mol. The first-order valence-corrected chi connectivity index (χ1v) is 15.0. The quantitative estimate of drug-likeness (QED) is 0.236. The molecule has 0 bridgehead atoms. The summed E-state index contributed by atoms with van der Waals surface area (Å²) >= 11 is 0. The molecule has 1 fully saturated rings. The molecule has 1 aromatic heterocycles. The molecule has 0 amide bonds. The van der Waals surface area contributed by atoms with E-state index >= 15 is 0 Å². The van der Waals surface area contributed by atoms with Gasteiger partial charge in [0.2, 0.25) is 0 Å². The number of aliphatic hydroxyl groups is 2. The van der Waals surface area contributed by atoms with Gasteiger partial charge in [-0.3, -0.25) is 0 Å². The SMILES string of the molecule is C[Si](C)(C)CCOCOCc1ccnc([C@H]2CC[C@H](OCCOCC(O)CO)CC2)n1. The van der Waals surface area contributed by atoms with Gasteiger partial charge in [-0.15, -0.1) is 0 Å². The van der Waals surface area contributed by atoms with Crippen LogP contribution in [-0.2, 0) is 25.6 Å². The molecule has 0 aromatic carbocycles. The van der Waals surface area contributed by atoms with Crippen molar-refractivity contribution in [2.75, 3.05) is 39.8 Å². The van der Waals surface area contributed by atoms with Gasteiger partial charge in [-0.25, -0.2) is 9.97 Å². The van der Waals surface area contributed by atoms with Crippen LogP contribution in [0.1, 0.15) is 43.1 Å². The summed E-state index contributed by atoms with van der Waals surface area (Å²) in [5.74, 6) is 1.24. The number of aromatic nitrogens is 2. The third-order valence-corrected chi connectivity index (χ3v) is 6.99. The molecule has 1 aliphatic rings. The number of ether oxygens (including phenoxy) is 4. The first-order valence-electron chi connectivity index (χ1n) is 11.3. The highest BCUT2D eigenvalue weighted by molar-refractivity contribution is 6.76. The van der Waals surface area contributed by atoms with Crippen LogP contribution in [0.5, 0.6) is 0 Å². The Morgan fingerprint density at radius 2 is 1.84 bits per heavy atom. The zero-order valence-corrected chi connectivity index (χ0v) is 20.3. The molecular formula is C22H40N2O6Si. The van der Waals surface area contributed by atoms with Crippen LogP contribution in [0.2, 0.25) is 25.7 Å². The van der Waals surface area contributed by atoms with E-state index in [2.05, 4.69) is 24.6 Å². The maximum atomic E-state index is 9.23. The number of nitrogens with zero attached hydrogens (tertiary/aromatic N) is 2. The van der Waals surface area contributed by atoms with E-state index in [1.54, 1.807) is 0 Å². The molecule has 1 atom stereocenters. The normalized spacial score (nSPS) is 20.7. The highest BCUT2D eigenvalue weighted by Gasteiger charge is 2.24. The zero-order valence-electron chi connectivity index (χ0n) is 19.3. The van der Waals surface area contributed by atoms with Crippen LogP contribution in [0.15, 0.2) is 12.3 Å². The average molecular weight is 457 g/mol. The lowest BCUT2D eigenvalue weighted by Gasteiger charge is -2.27. The third kappa shape index (κ3) is 11.5. The maximum Gasteiger partial charge on any atom is 0.147 e. The topological polar surface area (TPSA) is 103 Å².